The number of unbranched alkanes of at least 4 members (excludes halogenated alkanes) is 11. The van der Waals surface area contributed by atoms with Gasteiger partial charge in [-0.1, -0.05) is 96.3 Å². The first kappa shape index (κ1) is 36.6. The summed E-state index contributed by atoms with van der Waals surface area (Å²) in [6.45, 7) is 6.80. The fraction of sp³-hybridized carbons (Fsp3) is 0.475. The molecule has 0 fully saturated rings. The van der Waals surface area contributed by atoms with Crippen molar-refractivity contribution in [2.45, 2.75) is 117 Å². The Bertz CT molecular complexity index is 1390. The van der Waals surface area contributed by atoms with Crippen molar-refractivity contribution in [3.63, 3.8) is 0 Å². The van der Waals surface area contributed by atoms with E-state index in [1.807, 2.05) is 6.92 Å². The summed E-state index contributed by atoms with van der Waals surface area (Å²) in [6.07, 6.45) is 16.3. The van der Waals surface area contributed by atoms with Crippen molar-refractivity contribution in [2.24, 2.45) is 0 Å². The zero-order valence-corrected chi connectivity index (χ0v) is 27.8. The molecule has 0 amide bonds. The van der Waals surface area contributed by atoms with Gasteiger partial charge in [0.1, 0.15) is 5.75 Å². The van der Waals surface area contributed by atoms with Gasteiger partial charge in [0, 0.05) is 11.1 Å². The predicted molar refractivity (Wildman–Crippen MR) is 182 cm³/mol. The maximum Gasteiger partial charge on any atom is 0.343 e. The van der Waals surface area contributed by atoms with E-state index in [1.54, 1.807) is 36.4 Å². The quantitative estimate of drug-likeness (QED) is 0.0538. The van der Waals surface area contributed by atoms with Crippen molar-refractivity contribution >= 4 is 5.97 Å². The molecule has 0 N–H and O–H groups in total. The minimum atomic E-state index is -0.670. The second-order valence-electron chi connectivity index (χ2n) is 11.9. The Labute approximate surface area is 274 Å². The van der Waals surface area contributed by atoms with Gasteiger partial charge in [-0.2, -0.15) is 0 Å². The van der Waals surface area contributed by atoms with Gasteiger partial charge in [0.05, 0.1) is 18.3 Å². The lowest BCUT2D eigenvalue weighted by molar-refractivity contribution is 0.0734. The van der Waals surface area contributed by atoms with E-state index in [0.717, 1.165) is 38.2 Å². The molecule has 0 aliphatic heterocycles. The van der Waals surface area contributed by atoms with Crippen LogP contribution in [0.4, 0.5) is 8.78 Å². The molecule has 0 aliphatic carbocycles. The molecule has 46 heavy (non-hydrogen) atoms. The van der Waals surface area contributed by atoms with E-state index in [2.05, 4.69) is 25.7 Å². The standard InChI is InChI=1S/C40H50F2O4/c1-4-6-8-10-11-12-13-14-16-28-44-38-27-23-34(30-37(38)42)40(43)46-35-24-20-32(21-25-35)18-19-33-22-26-39(36(41)29-33)45-31(3)17-15-9-7-5-2/h20-27,29-31H,4-17,28H2,1-3H3. The summed E-state index contributed by atoms with van der Waals surface area (Å²) in [5.74, 6) is 4.91. The van der Waals surface area contributed by atoms with Gasteiger partial charge in [-0.05, 0) is 86.8 Å². The summed E-state index contributed by atoms with van der Waals surface area (Å²) in [5, 5.41) is 0. The number of hydrogen-bond acceptors (Lipinski definition) is 4. The van der Waals surface area contributed by atoms with Gasteiger partial charge in [-0.3, -0.25) is 0 Å². The number of benzene rings is 3. The van der Waals surface area contributed by atoms with Crippen LogP contribution in [0.5, 0.6) is 17.2 Å². The zero-order chi connectivity index (χ0) is 33.0. The minimum Gasteiger partial charge on any atom is -0.491 e. The van der Waals surface area contributed by atoms with Crippen LogP contribution in [0, 0.1) is 23.5 Å². The molecule has 3 rings (SSSR count). The van der Waals surface area contributed by atoms with Gasteiger partial charge in [0.25, 0.3) is 0 Å². The van der Waals surface area contributed by atoms with Crippen molar-refractivity contribution in [1.82, 2.24) is 0 Å². The summed E-state index contributed by atoms with van der Waals surface area (Å²) in [4.78, 5) is 12.6. The van der Waals surface area contributed by atoms with Crippen LogP contribution in [0.2, 0.25) is 0 Å². The fourth-order valence-corrected chi connectivity index (χ4v) is 5.06. The Morgan fingerprint density at radius 3 is 1.89 bits per heavy atom. The predicted octanol–water partition coefficient (Wildman–Crippen LogP) is 11.2. The van der Waals surface area contributed by atoms with Crippen LogP contribution in [0.1, 0.15) is 132 Å². The van der Waals surface area contributed by atoms with Crippen molar-refractivity contribution in [1.29, 1.82) is 0 Å². The molecule has 0 aromatic heterocycles. The van der Waals surface area contributed by atoms with Crippen LogP contribution >= 0.6 is 0 Å². The summed E-state index contributed by atoms with van der Waals surface area (Å²) in [7, 11) is 0. The van der Waals surface area contributed by atoms with Crippen LogP contribution in [-0.2, 0) is 0 Å². The molecular weight excluding hydrogens is 582 g/mol. The molecule has 6 heteroatoms. The maximum absolute atomic E-state index is 14.6. The van der Waals surface area contributed by atoms with E-state index < -0.39 is 17.6 Å². The van der Waals surface area contributed by atoms with Gasteiger partial charge < -0.3 is 14.2 Å². The molecule has 0 saturated heterocycles. The SMILES string of the molecule is CCCCCCCCCCCOc1ccc(C(=O)Oc2ccc(C#Cc3ccc(OC(C)CCCCCC)c(F)c3)cc2)cc1F. The summed E-state index contributed by atoms with van der Waals surface area (Å²) in [6, 6.07) is 15.5. The van der Waals surface area contributed by atoms with Gasteiger partial charge in [-0.25, -0.2) is 13.6 Å². The second kappa shape index (κ2) is 21.0. The molecule has 1 unspecified atom stereocenters. The summed E-state index contributed by atoms with van der Waals surface area (Å²) in [5.41, 5.74) is 1.29. The molecule has 0 spiro atoms. The van der Waals surface area contributed by atoms with Gasteiger partial charge >= 0.3 is 5.97 Å². The van der Waals surface area contributed by atoms with E-state index in [4.69, 9.17) is 14.2 Å². The van der Waals surface area contributed by atoms with E-state index in [-0.39, 0.29) is 23.2 Å². The van der Waals surface area contributed by atoms with Crippen LogP contribution < -0.4 is 14.2 Å². The van der Waals surface area contributed by atoms with Crippen molar-refractivity contribution in [3.8, 4) is 29.1 Å². The highest BCUT2D eigenvalue weighted by atomic mass is 19.1. The Balaban J connectivity index is 1.43. The number of carbonyl (C=O) groups is 1. The van der Waals surface area contributed by atoms with E-state index >= 15 is 0 Å². The third-order valence-corrected chi connectivity index (χ3v) is 7.81. The molecule has 3 aromatic rings. The number of hydrogen-bond donors (Lipinski definition) is 0. The molecule has 0 bridgehead atoms. The van der Waals surface area contributed by atoms with Crippen LogP contribution in [0.15, 0.2) is 60.7 Å². The normalized spacial score (nSPS) is 11.4. The first-order valence-corrected chi connectivity index (χ1v) is 17.1. The highest BCUT2D eigenvalue weighted by Gasteiger charge is 2.13. The van der Waals surface area contributed by atoms with Crippen LogP contribution in [-0.4, -0.2) is 18.7 Å². The maximum atomic E-state index is 14.6. The smallest absolute Gasteiger partial charge is 0.343 e. The molecular formula is C40H50F2O4. The van der Waals surface area contributed by atoms with E-state index in [0.29, 0.717) is 23.5 Å². The molecule has 3 aromatic carbocycles. The first-order valence-electron chi connectivity index (χ1n) is 17.1. The molecule has 248 valence electrons. The number of carbonyl (C=O) groups excluding carboxylic acids is 1. The second-order valence-corrected chi connectivity index (χ2v) is 11.9. The van der Waals surface area contributed by atoms with Gasteiger partial charge in [0.2, 0.25) is 0 Å². The van der Waals surface area contributed by atoms with E-state index in [1.165, 1.54) is 76.0 Å². The average Bonchev–Trinajstić information content (AvgIpc) is 3.05. The number of rotatable bonds is 20. The van der Waals surface area contributed by atoms with Gasteiger partial charge in [-0.15, -0.1) is 0 Å². The molecule has 0 heterocycles. The van der Waals surface area contributed by atoms with Crippen molar-refractivity contribution < 1.29 is 27.8 Å². The van der Waals surface area contributed by atoms with Crippen molar-refractivity contribution in [2.75, 3.05) is 6.61 Å². The topological polar surface area (TPSA) is 44.8 Å². The Morgan fingerprint density at radius 1 is 0.674 bits per heavy atom. The molecule has 1 atom stereocenters. The lowest BCUT2D eigenvalue weighted by atomic mass is 10.1. The lowest BCUT2D eigenvalue weighted by Gasteiger charge is -2.15. The number of esters is 1. The third-order valence-electron chi connectivity index (χ3n) is 7.81. The van der Waals surface area contributed by atoms with Gasteiger partial charge in [0.15, 0.2) is 23.1 Å². The van der Waals surface area contributed by atoms with E-state index in [9.17, 15) is 13.6 Å². The highest BCUT2D eigenvalue weighted by molar-refractivity contribution is 5.91. The average molecular weight is 633 g/mol. The van der Waals surface area contributed by atoms with Crippen LogP contribution in [0.25, 0.3) is 0 Å². The molecule has 0 radical (unpaired) electrons. The Morgan fingerprint density at radius 2 is 1.24 bits per heavy atom. The molecule has 0 aliphatic rings. The minimum absolute atomic E-state index is 0.0532. The zero-order valence-electron chi connectivity index (χ0n) is 27.8. The number of halogens is 2. The monoisotopic (exact) mass is 632 g/mol. The highest BCUT2D eigenvalue weighted by Crippen LogP contribution is 2.23. The van der Waals surface area contributed by atoms with Crippen LogP contribution in [0.3, 0.4) is 0 Å². The summed E-state index contributed by atoms with van der Waals surface area (Å²) < 4.78 is 46.0. The molecule has 4 nitrogen and oxygen atoms in total. The third kappa shape index (κ3) is 13.6. The molecule has 0 saturated carbocycles. The largest absolute Gasteiger partial charge is 0.491 e. The first-order chi connectivity index (χ1) is 22.4. The van der Waals surface area contributed by atoms with Crippen molar-refractivity contribution in [3.05, 3.63) is 89.0 Å². The lowest BCUT2D eigenvalue weighted by Crippen LogP contribution is -2.12. The Kier molecular flexibility index (Phi) is 16.7. The number of ether oxygens (including phenoxy) is 3. The summed E-state index contributed by atoms with van der Waals surface area (Å²) >= 11 is 0. The fourth-order valence-electron chi connectivity index (χ4n) is 5.06. The Hall–Kier alpha value is -3.85.